The number of hydrogen-bond acceptors (Lipinski definition) is 6. The van der Waals surface area contributed by atoms with Crippen molar-refractivity contribution in [2.45, 2.75) is 13.8 Å². The van der Waals surface area contributed by atoms with Gasteiger partial charge in [0.1, 0.15) is 0 Å². The van der Waals surface area contributed by atoms with E-state index in [-0.39, 0.29) is 5.56 Å². The molecule has 2 heterocycles. The molecule has 0 unspecified atom stereocenters. The smallest absolute Gasteiger partial charge is 0.279 e. The van der Waals surface area contributed by atoms with E-state index in [2.05, 4.69) is 25.0 Å². The number of aromatic nitrogens is 3. The topological polar surface area (TPSA) is 91.1 Å². The first kappa shape index (κ1) is 18.0. The summed E-state index contributed by atoms with van der Waals surface area (Å²) in [7, 11) is 0. The van der Waals surface area contributed by atoms with Crippen LogP contribution in [-0.2, 0) is 0 Å². The van der Waals surface area contributed by atoms with Crippen molar-refractivity contribution in [3.05, 3.63) is 63.9 Å². The lowest BCUT2D eigenvalue weighted by atomic mass is 10.0. The van der Waals surface area contributed by atoms with Crippen molar-refractivity contribution in [2.24, 2.45) is 0 Å². The minimum Gasteiger partial charge on any atom is -0.399 e. The molecule has 1 aliphatic rings. The van der Waals surface area contributed by atoms with E-state index in [0.717, 1.165) is 48.7 Å². The van der Waals surface area contributed by atoms with Gasteiger partial charge < -0.3 is 15.5 Å². The zero-order valence-corrected chi connectivity index (χ0v) is 16.1. The molecule has 2 aromatic carbocycles. The Morgan fingerprint density at radius 3 is 2.21 bits per heavy atom. The van der Waals surface area contributed by atoms with Crippen molar-refractivity contribution in [1.82, 2.24) is 15.2 Å². The molecule has 0 radical (unpaired) electrons. The van der Waals surface area contributed by atoms with Crippen LogP contribution >= 0.6 is 0 Å². The number of nitrogens with one attached hydrogen (secondary N) is 1. The molecule has 0 saturated carbocycles. The molecule has 0 spiro atoms. The number of anilines is 3. The van der Waals surface area contributed by atoms with Crippen molar-refractivity contribution < 1.29 is 0 Å². The lowest BCUT2D eigenvalue weighted by molar-refractivity contribution is 0.634. The Bertz CT molecular complexity index is 1040. The Hall–Kier alpha value is -3.35. The fraction of sp³-hybridized carbons (Fsp3) is 0.286. The van der Waals surface area contributed by atoms with Crippen LogP contribution in [0.25, 0.3) is 11.3 Å². The van der Waals surface area contributed by atoms with Crippen LogP contribution in [0.15, 0.2) is 47.3 Å². The van der Waals surface area contributed by atoms with E-state index in [1.54, 1.807) is 0 Å². The Kier molecular flexibility index (Phi) is 4.73. The summed E-state index contributed by atoms with van der Waals surface area (Å²) in [5.74, 6) is 0.523. The summed E-state index contributed by atoms with van der Waals surface area (Å²) in [5, 5.41) is 8.50. The van der Waals surface area contributed by atoms with Gasteiger partial charge in [0.15, 0.2) is 5.69 Å². The number of aromatic amines is 1. The largest absolute Gasteiger partial charge is 0.399 e. The number of nitrogens with zero attached hydrogens (tertiary/aromatic N) is 4. The van der Waals surface area contributed by atoms with Gasteiger partial charge in [0.25, 0.3) is 5.56 Å². The summed E-state index contributed by atoms with van der Waals surface area (Å²) in [6.07, 6.45) is 0. The second-order valence-electron chi connectivity index (χ2n) is 7.19. The second kappa shape index (κ2) is 7.34. The highest BCUT2D eigenvalue weighted by Crippen LogP contribution is 2.20. The van der Waals surface area contributed by atoms with Gasteiger partial charge in [-0.3, -0.25) is 9.78 Å². The zero-order chi connectivity index (χ0) is 19.7. The normalized spacial score (nSPS) is 14.4. The van der Waals surface area contributed by atoms with Gasteiger partial charge in [-0.25, -0.2) is 0 Å². The van der Waals surface area contributed by atoms with Gasteiger partial charge in [0, 0.05) is 43.1 Å². The van der Waals surface area contributed by atoms with Crippen LogP contribution in [0.3, 0.4) is 0 Å². The number of benzene rings is 2. The molecule has 1 aromatic heterocycles. The first-order valence-corrected chi connectivity index (χ1v) is 9.41. The number of nitrogens with two attached hydrogens (primary N) is 1. The molecule has 0 bridgehead atoms. The molecule has 0 amide bonds. The van der Waals surface area contributed by atoms with Gasteiger partial charge in [-0.1, -0.05) is 12.1 Å². The van der Waals surface area contributed by atoms with E-state index in [9.17, 15) is 4.79 Å². The molecular formula is C21H24N6O. The lowest BCUT2D eigenvalue weighted by Crippen LogP contribution is -2.47. The third-order valence-corrected chi connectivity index (χ3v) is 5.30. The number of nitrogen functional groups attached to an aromatic ring is 1. The summed E-state index contributed by atoms with van der Waals surface area (Å²) in [6.45, 7) is 7.27. The van der Waals surface area contributed by atoms with E-state index in [1.807, 2.05) is 56.3 Å². The average Bonchev–Trinajstić information content (AvgIpc) is 2.71. The van der Waals surface area contributed by atoms with E-state index in [4.69, 9.17) is 5.73 Å². The average molecular weight is 376 g/mol. The fourth-order valence-corrected chi connectivity index (χ4v) is 3.41. The van der Waals surface area contributed by atoms with Crippen LogP contribution in [0.1, 0.15) is 11.1 Å². The van der Waals surface area contributed by atoms with Crippen molar-refractivity contribution in [1.29, 1.82) is 0 Å². The maximum atomic E-state index is 12.6. The molecule has 144 valence electrons. The Labute approximate surface area is 163 Å². The highest BCUT2D eigenvalue weighted by Gasteiger charge is 2.20. The quantitative estimate of drug-likeness (QED) is 0.682. The SMILES string of the molecule is Cc1ccc(-c2nnc(N3CCN(c4ccc(N)cc4)CC3)[nH]c2=O)cc1C. The maximum Gasteiger partial charge on any atom is 0.279 e. The van der Waals surface area contributed by atoms with E-state index >= 15 is 0 Å². The Morgan fingerprint density at radius 1 is 0.893 bits per heavy atom. The molecule has 3 aromatic rings. The third-order valence-electron chi connectivity index (χ3n) is 5.30. The molecular weight excluding hydrogens is 352 g/mol. The van der Waals surface area contributed by atoms with Gasteiger partial charge in [-0.15, -0.1) is 10.2 Å². The van der Waals surface area contributed by atoms with Gasteiger partial charge >= 0.3 is 0 Å². The van der Waals surface area contributed by atoms with Crippen LogP contribution < -0.4 is 21.1 Å². The monoisotopic (exact) mass is 376 g/mol. The molecule has 0 aliphatic carbocycles. The van der Waals surface area contributed by atoms with Gasteiger partial charge in [-0.2, -0.15) is 0 Å². The van der Waals surface area contributed by atoms with Crippen molar-refractivity contribution >= 4 is 17.3 Å². The predicted molar refractivity (Wildman–Crippen MR) is 113 cm³/mol. The van der Waals surface area contributed by atoms with Crippen molar-refractivity contribution in [2.75, 3.05) is 41.7 Å². The van der Waals surface area contributed by atoms with Crippen LogP contribution in [0, 0.1) is 13.8 Å². The lowest BCUT2D eigenvalue weighted by Gasteiger charge is -2.36. The maximum absolute atomic E-state index is 12.6. The van der Waals surface area contributed by atoms with Gasteiger partial charge in [-0.05, 0) is 55.3 Å². The van der Waals surface area contributed by atoms with Crippen molar-refractivity contribution in [3.63, 3.8) is 0 Å². The summed E-state index contributed by atoms with van der Waals surface area (Å²) in [4.78, 5) is 19.9. The van der Waals surface area contributed by atoms with Crippen LogP contribution in [0.5, 0.6) is 0 Å². The second-order valence-corrected chi connectivity index (χ2v) is 7.19. The molecule has 1 aliphatic heterocycles. The van der Waals surface area contributed by atoms with E-state index in [0.29, 0.717) is 11.6 Å². The molecule has 3 N–H and O–H groups in total. The minimum atomic E-state index is -0.214. The molecule has 0 atom stereocenters. The number of rotatable bonds is 3. The Morgan fingerprint density at radius 2 is 1.57 bits per heavy atom. The summed E-state index contributed by atoms with van der Waals surface area (Å²) in [6, 6.07) is 13.8. The highest BCUT2D eigenvalue weighted by atomic mass is 16.1. The fourth-order valence-electron chi connectivity index (χ4n) is 3.41. The van der Waals surface area contributed by atoms with Crippen molar-refractivity contribution in [3.8, 4) is 11.3 Å². The standard InChI is InChI=1S/C21H24N6O/c1-14-3-4-16(13-15(14)2)19-20(28)23-21(25-24-19)27-11-9-26(10-12-27)18-7-5-17(22)6-8-18/h3-8,13H,9-12,22H2,1-2H3,(H,23,25,28). The molecule has 1 saturated heterocycles. The molecule has 1 fully saturated rings. The van der Waals surface area contributed by atoms with Gasteiger partial charge in [0.2, 0.25) is 5.95 Å². The number of H-pyrrole nitrogens is 1. The van der Waals surface area contributed by atoms with Crippen LogP contribution in [-0.4, -0.2) is 41.4 Å². The minimum absolute atomic E-state index is 0.214. The Balaban J connectivity index is 1.48. The molecule has 4 rings (SSSR count). The van der Waals surface area contributed by atoms with Gasteiger partial charge in [0.05, 0.1) is 0 Å². The summed E-state index contributed by atoms with van der Waals surface area (Å²) >= 11 is 0. The third kappa shape index (κ3) is 3.55. The van der Waals surface area contributed by atoms with Crippen LogP contribution in [0.4, 0.5) is 17.3 Å². The van der Waals surface area contributed by atoms with E-state index < -0.39 is 0 Å². The summed E-state index contributed by atoms with van der Waals surface area (Å²) < 4.78 is 0. The first-order chi connectivity index (χ1) is 13.5. The summed E-state index contributed by atoms with van der Waals surface area (Å²) in [5.41, 5.74) is 10.9. The number of piperazine rings is 1. The number of aryl methyl sites for hydroxylation is 2. The zero-order valence-electron chi connectivity index (χ0n) is 16.1. The van der Waals surface area contributed by atoms with Crippen LogP contribution in [0.2, 0.25) is 0 Å². The number of hydrogen-bond donors (Lipinski definition) is 2. The molecule has 7 nitrogen and oxygen atoms in total. The first-order valence-electron chi connectivity index (χ1n) is 9.41. The predicted octanol–water partition coefficient (Wildman–Crippen LogP) is 2.36. The van der Waals surface area contributed by atoms with E-state index in [1.165, 1.54) is 5.56 Å². The molecule has 28 heavy (non-hydrogen) atoms. The molecule has 7 heteroatoms. The highest BCUT2D eigenvalue weighted by molar-refractivity contribution is 5.60.